The van der Waals surface area contributed by atoms with Crippen molar-refractivity contribution < 1.29 is 14.3 Å². The van der Waals surface area contributed by atoms with Gasteiger partial charge >= 0.3 is 6.09 Å². The quantitative estimate of drug-likeness (QED) is 0.879. The van der Waals surface area contributed by atoms with E-state index in [0.717, 1.165) is 11.4 Å². The maximum absolute atomic E-state index is 11.1. The first-order valence-corrected chi connectivity index (χ1v) is 6.91. The van der Waals surface area contributed by atoms with Gasteiger partial charge in [-0.3, -0.25) is 5.32 Å². The van der Waals surface area contributed by atoms with Crippen molar-refractivity contribution >= 4 is 23.3 Å². The maximum Gasteiger partial charge on any atom is 0.411 e. The lowest BCUT2D eigenvalue weighted by Gasteiger charge is -2.11. The summed E-state index contributed by atoms with van der Waals surface area (Å²) in [5.41, 5.74) is 1.47. The first-order valence-electron chi connectivity index (χ1n) is 6.91. The molecule has 0 bridgehead atoms. The highest BCUT2D eigenvalue weighted by Gasteiger charge is 2.02. The molecule has 0 fully saturated rings. The fraction of sp³-hybridized carbons (Fsp3) is 0.250. The van der Waals surface area contributed by atoms with Crippen LogP contribution in [0.5, 0.6) is 5.75 Å². The Bertz CT molecular complexity index is 610. The highest BCUT2D eigenvalue weighted by molar-refractivity contribution is 5.84. The molecule has 0 spiro atoms. The molecule has 1 aromatic carbocycles. The molecule has 116 valence electrons. The SMILES string of the molecule is COC(=O)Nc1ccc(Nc2ccc(OC(C)C)cc2)nc1. The van der Waals surface area contributed by atoms with Crippen molar-refractivity contribution in [2.24, 2.45) is 0 Å². The van der Waals surface area contributed by atoms with Crippen molar-refractivity contribution in [1.82, 2.24) is 4.98 Å². The number of amides is 1. The monoisotopic (exact) mass is 301 g/mol. The molecule has 0 atom stereocenters. The Kier molecular flexibility index (Phi) is 5.19. The van der Waals surface area contributed by atoms with Crippen molar-refractivity contribution in [3.63, 3.8) is 0 Å². The van der Waals surface area contributed by atoms with Gasteiger partial charge in [-0.25, -0.2) is 9.78 Å². The highest BCUT2D eigenvalue weighted by Crippen LogP contribution is 2.20. The number of rotatable bonds is 5. The average Bonchev–Trinajstić information content (AvgIpc) is 2.50. The molecule has 2 aromatic rings. The van der Waals surface area contributed by atoms with Gasteiger partial charge in [0.25, 0.3) is 0 Å². The standard InChI is InChI=1S/C16H19N3O3/c1-11(2)22-14-7-4-12(5-8-14)18-15-9-6-13(10-17-15)19-16(20)21-3/h4-11H,1-3H3,(H,17,18)(H,19,20). The molecule has 0 unspecified atom stereocenters. The van der Waals surface area contributed by atoms with Gasteiger partial charge in [0.2, 0.25) is 0 Å². The summed E-state index contributed by atoms with van der Waals surface area (Å²) in [5.74, 6) is 1.50. The van der Waals surface area contributed by atoms with Crippen LogP contribution in [0.25, 0.3) is 0 Å². The van der Waals surface area contributed by atoms with E-state index in [1.165, 1.54) is 7.11 Å². The van der Waals surface area contributed by atoms with Crippen LogP contribution in [0.2, 0.25) is 0 Å². The first-order chi connectivity index (χ1) is 10.6. The molecule has 0 aliphatic rings. The number of carbonyl (C=O) groups excluding carboxylic acids is 1. The van der Waals surface area contributed by atoms with Gasteiger partial charge in [-0.2, -0.15) is 0 Å². The highest BCUT2D eigenvalue weighted by atomic mass is 16.5. The Morgan fingerprint density at radius 2 is 1.77 bits per heavy atom. The van der Waals surface area contributed by atoms with E-state index in [-0.39, 0.29) is 6.10 Å². The molecule has 6 nitrogen and oxygen atoms in total. The van der Waals surface area contributed by atoms with E-state index < -0.39 is 6.09 Å². The Labute approximate surface area is 129 Å². The van der Waals surface area contributed by atoms with Crippen LogP contribution < -0.4 is 15.4 Å². The Balaban J connectivity index is 1.97. The number of carbonyl (C=O) groups is 1. The molecular formula is C16H19N3O3. The molecule has 1 amide bonds. The van der Waals surface area contributed by atoms with Gasteiger partial charge in [0, 0.05) is 5.69 Å². The second-order valence-electron chi connectivity index (χ2n) is 4.86. The van der Waals surface area contributed by atoms with E-state index in [2.05, 4.69) is 20.4 Å². The molecule has 0 aliphatic heterocycles. The summed E-state index contributed by atoms with van der Waals surface area (Å²) in [6, 6.07) is 11.1. The molecule has 0 radical (unpaired) electrons. The van der Waals surface area contributed by atoms with Crippen LogP contribution in [0.15, 0.2) is 42.6 Å². The Hall–Kier alpha value is -2.76. The van der Waals surface area contributed by atoms with Crippen molar-refractivity contribution in [3.05, 3.63) is 42.6 Å². The topological polar surface area (TPSA) is 72.5 Å². The average molecular weight is 301 g/mol. The fourth-order valence-corrected chi connectivity index (χ4v) is 1.75. The van der Waals surface area contributed by atoms with Crippen molar-refractivity contribution in [3.8, 4) is 5.75 Å². The first kappa shape index (κ1) is 15.6. The zero-order chi connectivity index (χ0) is 15.9. The Morgan fingerprint density at radius 1 is 1.09 bits per heavy atom. The van der Waals surface area contributed by atoms with Gasteiger partial charge in [0.1, 0.15) is 11.6 Å². The maximum atomic E-state index is 11.1. The molecule has 22 heavy (non-hydrogen) atoms. The van der Waals surface area contributed by atoms with E-state index in [9.17, 15) is 4.79 Å². The fourth-order valence-electron chi connectivity index (χ4n) is 1.75. The summed E-state index contributed by atoms with van der Waals surface area (Å²) in [4.78, 5) is 15.3. The zero-order valence-electron chi connectivity index (χ0n) is 12.8. The van der Waals surface area contributed by atoms with Crippen LogP contribution >= 0.6 is 0 Å². The summed E-state index contributed by atoms with van der Waals surface area (Å²) in [6.07, 6.45) is 1.17. The van der Waals surface area contributed by atoms with E-state index in [0.29, 0.717) is 11.5 Å². The summed E-state index contributed by atoms with van der Waals surface area (Å²) in [6.45, 7) is 3.97. The second-order valence-corrected chi connectivity index (χ2v) is 4.86. The van der Waals surface area contributed by atoms with Gasteiger partial charge in [-0.05, 0) is 50.2 Å². The molecule has 0 saturated carbocycles. The number of benzene rings is 1. The third-order valence-electron chi connectivity index (χ3n) is 2.69. The molecule has 0 aliphatic carbocycles. The van der Waals surface area contributed by atoms with Gasteiger partial charge in [-0.15, -0.1) is 0 Å². The third kappa shape index (κ3) is 4.66. The number of hydrogen-bond acceptors (Lipinski definition) is 5. The molecule has 2 rings (SSSR count). The number of nitrogens with zero attached hydrogens (tertiary/aromatic N) is 1. The minimum atomic E-state index is -0.525. The van der Waals surface area contributed by atoms with Gasteiger partial charge in [0.05, 0.1) is 25.1 Å². The summed E-state index contributed by atoms with van der Waals surface area (Å²) < 4.78 is 10.1. The lowest BCUT2D eigenvalue weighted by Crippen LogP contribution is -2.11. The molecule has 1 heterocycles. The van der Waals surface area contributed by atoms with Crippen molar-refractivity contribution in [1.29, 1.82) is 0 Å². The van der Waals surface area contributed by atoms with Gasteiger partial charge in [-0.1, -0.05) is 0 Å². The van der Waals surface area contributed by atoms with E-state index in [4.69, 9.17) is 4.74 Å². The largest absolute Gasteiger partial charge is 0.491 e. The van der Waals surface area contributed by atoms with Crippen LogP contribution in [0.4, 0.5) is 22.0 Å². The van der Waals surface area contributed by atoms with Crippen LogP contribution in [0.3, 0.4) is 0 Å². The number of pyridine rings is 1. The van der Waals surface area contributed by atoms with Crippen LogP contribution in [0.1, 0.15) is 13.8 Å². The number of anilines is 3. The Morgan fingerprint density at radius 3 is 2.32 bits per heavy atom. The molecular weight excluding hydrogens is 282 g/mol. The van der Waals surface area contributed by atoms with Crippen LogP contribution in [0, 0.1) is 0 Å². The number of aromatic nitrogens is 1. The van der Waals surface area contributed by atoms with Crippen LogP contribution in [-0.4, -0.2) is 24.3 Å². The molecule has 1 aromatic heterocycles. The molecule has 2 N–H and O–H groups in total. The summed E-state index contributed by atoms with van der Waals surface area (Å²) in [7, 11) is 1.31. The van der Waals surface area contributed by atoms with E-state index in [1.54, 1.807) is 18.3 Å². The minimum Gasteiger partial charge on any atom is -0.491 e. The predicted molar refractivity (Wildman–Crippen MR) is 85.8 cm³/mol. The van der Waals surface area contributed by atoms with Gasteiger partial charge in [0.15, 0.2) is 0 Å². The van der Waals surface area contributed by atoms with E-state index >= 15 is 0 Å². The predicted octanol–water partition coefficient (Wildman–Crippen LogP) is 3.79. The lowest BCUT2D eigenvalue weighted by atomic mass is 10.3. The number of nitrogens with one attached hydrogen (secondary N) is 2. The molecule has 6 heteroatoms. The van der Waals surface area contributed by atoms with Crippen molar-refractivity contribution in [2.45, 2.75) is 20.0 Å². The second kappa shape index (κ2) is 7.31. The summed E-state index contributed by atoms with van der Waals surface area (Å²) >= 11 is 0. The summed E-state index contributed by atoms with van der Waals surface area (Å²) in [5, 5.41) is 5.71. The van der Waals surface area contributed by atoms with Crippen LogP contribution in [-0.2, 0) is 4.74 Å². The molecule has 0 saturated heterocycles. The lowest BCUT2D eigenvalue weighted by molar-refractivity contribution is 0.187. The number of ether oxygens (including phenoxy) is 2. The van der Waals surface area contributed by atoms with Gasteiger partial charge < -0.3 is 14.8 Å². The smallest absolute Gasteiger partial charge is 0.411 e. The number of methoxy groups -OCH3 is 1. The van der Waals surface area contributed by atoms with E-state index in [1.807, 2.05) is 38.1 Å². The minimum absolute atomic E-state index is 0.148. The number of hydrogen-bond donors (Lipinski definition) is 2. The third-order valence-corrected chi connectivity index (χ3v) is 2.69. The normalized spacial score (nSPS) is 10.2. The zero-order valence-corrected chi connectivity index (χ0v) is 12.8. The van der Waals surface area contributed by atoms with Crippen molar-refractivity contribution in [2.75, 3.05) is 17.7 Å².